The van der Waals surface area contributed by atoms with Crippen molar-refractivity contribution in [1.82, 2.24) is 4.98 Å². The maximum atomic E-state index is 13.2. The molecule has 0 spiro atoms. The standard InChI is InChI=1S/C20H16FN3O2/c21-16-7-3-5-14(11-16)12-19(25)23-17-8-1-2-9-18(17)24-20(26)15-6-4-10-22-13-15/h1-11,13H,12H2,(H,23,25)(H,24,26). The number of para-hydroxylation sites is 2. The van der Waals surface area contributed by atoms with E-state index < -0.39 is 0 Å². The minimum absolute atomic E-state index is 0.0304. The van der Waals surface area contributed by atoms with E-state index in [0.717, 1.165) is 0 Å². The summed E-state index contributed by atoms with van der Waals surface area (Å²) in [6, 6.07) is 16.1. The van der Waals surface area contributed by atoms with Gasteiger partial charge in [0.15, 0.2) is 0 Å². The Morgan fingerprint density at radius 2 is 1.69 bits per heavy atom. The van der Waals surface area contributed by atoms with Crippen LogP contribution < -0.4 is 10.6 Å². The molecule has 130 valence electrons. The largest absolute Gasteiger partial charge is 0.324 e. The molecular weight excluding hydrogens is 333 g/mol. The zero-order chi connectivity index (χ0) is 18.4. The van der Waals surface area contributed by atoms with Crippen molar-refractivity contribution >= 4 is 23.2 Å². The van der Waals surface area contributed by atoms with Gasteiger partial charge in [-0.2, -0.15) is 0 Å². The lowest BCUT2D eigenvalue weighted by Crippen LogP contribution is -2.18. The maximum Gasteiger partial charge on any atom is 0.257 e. The third kappa shape index (κ3) is 4.51. The average Bonchev–Trinajstić information content (AvgIpc) is 2.64. The zero-order valence-electron chi connectivity index (χ0n) is 13.8. The van der Waals surface area contributed by atoms with Crippen molar-refractivity contribution < 1.29 is 14.0 Å². The predicted octanol–water partition coefficient (Wildman–Crippen LogP) is 3.65. The molecule has 0 bridgehead atoms. The Bertz CT molecular complexity index is 929. The van der Waals surface area contributed by atoms with Gasteiger partial charge in [0.2, 0.25) is 5.91 Å². The van der Waals surface area contributed by atoms with E-state index >= 15 is 0 Å². The van der Waals surface area contributed by atoms with Gasteiger partial charge in [0.1, 0.15) is 5.82 Å². The molecule has 1 aromatic heterocycles. The van der Waals surface area contributed by atoms with Crippen molar-refractivity contribution in [2.24, 2.45) is 0 Å². The van der Waals surface area contributed by atoms with Crippen molar-refractivity contribution in [1.29, 1.82) is 0 Å². The Kier molecular flexibility index (Phi) is 5.34. The molecule has 2 aromatic carbocycles. The van der Waals surface area contributed by atoms with Crippen LogP contribution >= 0.6 is 0 Å². The number of anilines is 2. The summed E-state index contributed by atoms with van der Waals surface area (Å²) >= 11 is 0. The van der Waals surface area contributed by atoms with Gasteiger partial charge in [-0.25, -0.2) is 4.39 Å². The fourth-order valence-electron chi connectivity index (χ4n) is 2.42. The second-order valence-corrected chi connectivity index (χ2v) is 5.60. The van der Waals surface area contributed by atoms with Gasteiger partial charge in [-0.3, -0.25) is 14.6 Å². The van der Waals surface area contributed by atoms with E-state index in [1.54, 1.807) is 54.7 Å². The van der Waals surface area contributed by atoms with Crippen LogP contribution in [0, 0.1) is 5.82 Å². The van der Waals surface area contributed by atoms with Gasteiger partial charge in [0.25, 0.3) is 5.91 Å². The molecule has 2 N–H and O–H groups in total. The van der Waals surface area contributed by atoms with Crippen molar-refractivity contribution in [2.45, 2.75) is 6.42 Å². The molecule has 0 aliphatic carbocycles. The lowest BCUT2D eigenvalue weighted by molar-refractivity contribution is -0.115. The molecule has 0 radical (unpaired) electrons. The molecule has 3 aromatic rings. The molecule has 0 saturated heterocycles. The van der Waals surface area contributed by atoms with Crippen LogP contribution in [0.5, 0.6) is 0 Å². The number of carbonyl (C=O) groups is 2. The van der Waals surface area contributed by atoms with Crippen LogP contribution in [0.1, 0.15) is 15.9 Å². The van der Waals surface area contributed by atoms with E-state index in [0.29, 0.717) is 22.5 Å². The van der Waals surface area contributed by atoms with Crippen LogP contribution in [0.25, 0.3) is 0 Å². The molecule has 1 heterocycles. The van der Waals surface area contributed by atoms with Crippen LogP contribution in [0.3, 0.4) is 0 Å². The first-order chi connectivity index (χ1) is 12.6. The molecule has 0 atom stereocenters. The maximum absolute atomic E-state index is 13.2. The van der Waals surface area contributed by atoms with Gasteiger partial charge in [-0.1, -0.05) is 24.3 Å². The summed E-state index contributed by atoms with van der Waals surface area (Å²) in [5.41, 5.74) is 1.91. The summed E-state index contributed by atoms with van der Waals surface area (Å²) in [5, 5.41) is 5.50. The Hall–Kier alpha value is -3.54. The fourth-order valence-corrected chi connectivity index (χ4v) is 2.42. The number of aromatic nitrogens is 1. The minimum Gasteiger partial charge on any atom is -0.324 e. The quantitative estimate of drug-likeness (QED) is 0.738. The molecule has 0 unspecified atom stereocenters. The number of hydrogen-bond donors (Lipinski definition) is 2. The topological polar surface area (TPSA) is 71.1 Å². The first kappa shape index (κ1) is 17.3. The number of rotatable bonds is 5. The first-order valence-corrected chi connectivity index (χ1v) is 7.96. The van der Waals surface area contributed by atoms with Crippen molar-refractivity contribution in [3.63, 3.8) is 0 Å². The van der Waals surface area contributed by atoms with E-state index in [2.05, 4.69) is 15.6 Å². The number of nitrogens with one attached hydrogen (secondary N) is 2. The van der Waals surface area contributed by atoms with Gasteiger partial charge in [-0.15, -0.1) is 0 Å². The van der Waals surface area contributed by atoms with Crippen LogP contribution in [0.15, 0.2) is 73.1 Å². The van der Waals surface area contributed by atoms with Crippen LogP contribution in [0.4, 0.5) is 15.8 Å². The number of benzene rings is 2. The van der Waals surface area contributed by atoms with Crippen LogP contribution in [-0.2, 0) is 11.2 Å². The molecule has 3 rings (SSSR count). The molecule has 26 heavy (non-hydrogen) atoms. The summed E-state index contributed by atoms with van der Waals surface area (Å²) in [4.78, 5) is 28.4. The lowest BCUT2D eigenvalue weighted by Gasteiger charge is -2.12. The van der Waals surface area contributed by atoms with E-state index in [1.165, 1.54) is 18.3 Å². The highest BCUT2D eigenvalue weighted by atomic mass is 19.1. The third-order valence-electron chi connectivity index (χ3n) is 3.63. The molecule has 2 amide bonds. The highest BCUT2D eigenvalue weighted by Gasteiger charge is 2.11. The van der Waals surface area contributed by atoms with Crippen molar-refractivity contribution in [3.05, 3.63) is 90.0 Å². The molecule has 0 aliphatic rings. The Morgan fingerprint density at radius 3 is 2.38 bits per heavy atom. The number of nitrogens with zero attached hydrogens (tertiary/aromatic N) is 1. The van der Waals surface area contributed by atoms with Crippen LogP contribution in [-0.4, -0.2) is 16.8 Å². The second kappa shape index (κ2) is 8.02. The fraction of sp³-hybridized carbons (Fsp3) is 0.0500. The molecule has 0 aliphatic heterocycles. The van der Waals surface area contributed by atoms with Crippen molar-refractivity contribution in [2.75, 3.05) is 10.6 Å². The smallest absolute Gasteiger partial charge is 0.257 e. The van der Waals surface area contributed by atoms with E-state index in [-0.39, 0.29) is 24.1 Å². The SMILES string of the molecule is O=C(Cc1cccc(F)c1)Nc1ccccc1NC(=O)c1cccnc1. The second-order valence-electron chi connectivity index (χ2n) is 5.60. The highest BCUT2D eigenvalue weighted by molar-refractivity contribution is 6.07. The Morgan fingerprint density at radius 1 is 0.923 bits per heavy atom. The lowest BCUT2D eigenvalue weighted by atomic mass is 10.1. The minimum atomic E-state index is -0.389. The Labute approximate surface area is 149 Å². The molecule has 0 fully saturated rings. The normalized spacial score (nSPS) is 10.2. The van der Waals surface area contributed by atoms with Gasteiger partial charge in [0, 0.05) is 12.4 Å². The summed E-state index contributed by atoms with van der Waals surface area (Å²) in [6.45, 7) is 0. The summed E-state index contributed by atoms with van der Waals surface area (Å²) in [6.07, 6.45) is 3.07. The van der Waals surface area contributed by atoms with Gasteiger partial charge >= 0.3 is 0 Å². The van der Waals surface area contributed by atoms with E-state index in [9.17, 15) is 14.0 Å². The first-order valence-electron chi connectivity index (χ1n) is 7.96. The average molecular weight is 349 g/mol. The number of pyridine rings is 1. The highest BCUT2D eigenvalue weighted by Crippen LogP contribution is 2.22. The monoisotopic (exact) mass is 349 g/mol. The van der Waals surface area contributed by atoms with E-state index in [1.807, 2.05) is 0 Å². The Balaban J connectivity index is 1.71. The van der Waals surface area contributed by atoms with Crippen molar-refractivity contribution in [3.8, 4) is 0 Å². The molecule has 5 nitrogen and oxygen atoms in total. The molecular formula is C20H16FN3O2. The number of carbonyl (C=O) groups excluding carboxylic acids is 2. The third-order valence-corrected chi connectivity index (χ3v) is 3.63. The predicted molar refractivity (Wildman–Crippen MR) is 97.4 cm³/mol. The summed E-state index contributed by atoms with van der Waals surface area (Å²) in [7, 11) is 0. The van der Waals surface area contributed by atoms with E-state index in [4.69, 9.17) is 0 Å². The van der Waals surface area contributed by atoms with Crippen LogP contribution in [0.2, 0.25) is 0 Å². The summed E-state index contributed by atoms with van der Waals surface area (Å²) in [5.74, 6) is -1.02. The number of halogens is 1. The van der Waals surface area contributed by atoms with Gasteiger partial charge in [0.05, 0.1) is 23.4 Å². The van der Waals surface area contributed by atoms with Gasteiger partial charge < -0.3 is 10.6 Å². The number of hydrogen-bond acceptors (Lipinski definition) is 3. The summed E-state index contributed by atoms with van der Waals surface area (Å²) < 4.78 is 13.2. The number of amides is 2. The molecule has 6 heteroatoms. The molecule has 0 saturated carbocycles. The van der Waals surface area contributed by atoms with Gasteiger partial charge in [-0.05, 0) is 42.0 Å². The zero-order valence-corrected chi connectivity index (χ0v) is 13.8.